The molecule has 4 heteroatoms. The van der Waals surface area contributed by atoms with Crippen molar-refractivity contribution in [2.24, 2.45) is 16.4 Å². The first kappa shape index (κ1) is 12.9. The lowest BCUT2D eigenvalue weighted by molar-refractivity contribution is -0.126. The van der Waals surface area contributed by atoms with Gasteiger partial charge in [-0.2, -0.15) is 5.10 Å². The van der Waals surface area contributed by atoms with E-state index in [9.17, 15) is 4.79 Å². The molecule has 1 heterocycles. The van der Waals surface area contributed by atoms with Crippen LogP contribution in [0.25, 0.3) is 0 Å². The van der Waals surface area contributed by atoms with Gasteiger partial charge in [-0.05, 0) is 29.5 Å². The number of ketones is 1. The van der Waals surface area contributed by atoms with E-state index in [-0.39, 0.29) is 17.4 Å². The van der Waals surface area contributed by atoms with Crippen molar-refractivity contribution in [2.75, 3.05) is 0 Å². The van der Waals surface area contributed by atoms with Crippen LogP contribution in [-0.2, 0) is 4.79 Å². The lowest BCUT2D eigenvalue weighted by Gasteiger charge is -2.36. The Kier molecular flexibility index (Phi) is 3.01. The standard InChI is InChI=1S/C15H17BrN2O/c1-15(2)7-11-13(12(19)8-15)14(18-17-11)9-4-3-5-10(16)6-9/h3-6,11,13,17H,7-8H2,1-2H3/t11-,13-/m1/s1. The van der Waals surface area contributed by atoms with Crippen LogP contribution < -0.4 is 5.43 Å². The van der Waals surface area contributed by atoms with Crippen molar-refractivity contribution in [3.05, 3.63) is 34.3 Å². The number of hydrogen-bond donors (Lipinski definition) is 1. The quantitative estimate of drug-likeness (QED) is 0.863. The lowest BCUT2D eigenvalue weighted by atomic mass is 9.68. The van der Waals surface area contributed by atoms with E-state index in [1.807, 2.05) is 24.3 Å². The molecule has 0 bridgehead atoms. The Balaban J connectivity index is 1.93. The number of Topliss-reactive ketones (excluding diaryl/α,β-unsaturated/α-hetero) is 1. The van der Waals surface area contributed by atoms with E-state index in [2.05, 4.69) is 40.3 Å². The summed E-state index contributed by atoms with van der Waals surface area (Å²) in [4.78, 5) is 12.4. The van der Waals surface area contributed by atoms with Crippen LogP contribution in [0, 0.1) is 11.3 Å². The number of halogens is 1. The maximum atomic E-state index is 12.4. The molecule has 19 heavy (non-hydrogen) atoms. The van der Waals surface area contributed by atoms with E-state index in [0.29, 0.717) is 12.2 Å². The van der Waals surface area contributed by atoms with Crippen LogP contribution in [0.5, 0.6) is 0 Å². The monoisotopic (exact) mass is 320 g/mol. The first-order valence-corrected chi connectivity index (χ1v) is 7.37. The second-order valence-corrected chi connectivity index (χ2v) is 7.15. The van der Waals surface area contributed by atoms with E-state index in [4.69, 9.17) is 0 Å². The fourth-order valence-corrected chi connectivity index (χ4v) is 3.57. The summed E-state index contributed by atoms with van der Waals surface area (Å²) >= 11 is 3.47. The summed E-state index contributed by atoms with van der Waals surface area (Å²) in [5.41, 5.74) is 5.17. The summed E-state index contributed by atoms with van der Waals surface area (Å²) in [6.07, 6.45) is 1.63. The number of benzene rings is 1. The van der Waals surface area contributed by atoms with Crippen molar-refractivity contribution in [3.63, 3.8) is 0 Å². The summed E-state index contributed by atoms with van der Waals surface area (Å²) in [6, 6.07) is 8.16. The van der Waals surface area contributed by atoms with Gasteiger partial charge >= 0.3 is 0 Å². The Bertz CT molecular complexity index is 565. The van der Waals surface area contributed by atoms with Gasteiger partial charge in [0.25, 0.3) is 0 Å². The van der Waals surface area contributed by atoms with Gasteiger partial charge in [-0.25, -0.2) is 0 Å². The Morgan fingerprint density at radius 1 is 1.42 bits per heavy atom. The molecule has 1 saturated carbocycles. The van der Waals surface area contributed by atoms with Crippen LogP contribution in [0.1, 0.15) is 32.3 Å². The second kappa shape index (κ2) is 4.44. The van der Waals surface area contributed by atoms with E-state index >= 15 is 0 Å². The fraction of sp³-hybridized carbons (Fsp3) is 0.467. The van der Waals surface area contributed by atoms with Gasteiger partial charge in [0.2, 0.25) is 0 Å². The third-order valence-electron chi connectivity index (χ3n) is 3.94. The minimum absolute atomic E-state index is 0.0769. The third kappa shape index (κ3) is 2.34. The summed E-state index contributed by atoms with van der Waals surface area (Å²) in [6.45, 7) is 4.31. The molecule has 0 unspecified atom stereocenters. The maximum absolute atomic E-state index is 12.4. The highest BCUT2D eigenvalue weighted by atomic mass is 79.9. The molecule has 1 aliphatic carbocycles. The van der Waals surface area contributed by atoms with Gasteiger partial charge in [-0.1, -0.05) is 41.9 Å². The van der Waals surface area contributed by atoms with Crippen molar-refractivity contribution >= 4 is 27.4 Å². The summed E-state index contributed by atoms with van der Waals surface area (Å²) in [7, 11) is 0. The van der Waals surface area contributed by atoms with Gasteiger partial charge in [0.15, 0.2) is 0 Å². The number of carbonyl (C=O) groups is 1. The number of hydrazone groups is 1. The average molecular weight is 321 g/mol. The molecule has 0 amide bonds. The molecule has 0 aromatic heterocycles. The van der Waals surface area contributed by atoms with Crippen molar-refractivity contribution in [1.82, 2.24) is 5.43 Å². The maximum Gasteiger partial charge on any atom is 0.144 e. The predicted octanol–water partition coefficient (Wildman–Crippen LogP) is 3.13. The molecule has 1 aromatic carbocycles. The molecule has 2 aliphatic rings. The molecular weight excluding hydrogens is 304 g/mol. The van der Waals surface area contributed by atoms with Crippen LogP contribution in [-0.4, -0.2) is 17.5 Å². The van der Waals surface area contributed by atoms with Crippen LogP contribution in [0.2, 0.25) is 0 Å². The summed E-state index contributed by atoms with van der Waals surface area (Å²) in [5.74, 6) is 0.229. The van der Waals surface area contributed by atoms with Gasteiger partial charge < -0.3 is 5.43 Å². The molecule has 1 aromatic rings. The van der Waals surface area contributed by atoms with E-state index in [1.165, 1.54) is 0 Å². The molecule has 0 spiro atoms. The number of nitrogens with zero attached hydrogens (tertiary/aromatic N) is 1. The molecule has 100 valence electrons. The normalized spacial score (nSPS) is 28.6. The van der Waals surface area contributed by atoms with Crippen LogP contribution in [0.4, 0.5) is 0 Å². The molecule has 0 radical (unpaired) electrons. The highest BCUT2D eigenvalue weighted by molar-refractivity contribution is 9.10. The minimum Gasteiger partial charge on any atom is -0.306 e. The molecule has 1 aliphatic heterocycles. The number of rotatable bonds is 1. The first-order chi connectivity index (χ1) is 8.96. The fourth-order valence-electron chi connectivity index (χ4n) is 3.17. The van der Waals surface area contributed by atoms with Gasteiger partial charge in [0.05, 0.1) is 17.7 Å². The largest absolute Gasteiger partial charge is 0.306 e. The van der Waals surface area contributed by atoms with E-state index in [0.717, 1.165) is 22.2 Å². The zero-order valence-electron chi connectivity index (χ0n) is 11.1. The van der Waals surface area contributed by atoms with Crippen molar-refractivity contribution in [3.8, 4) is 0 Å². The highest BCUT2D eigenvalue weighted by Crippen LogP contribution is 2.39. The zero-order chi connectivity index (χ0) is 13.6. The summed E-state index contributed by atoms with van der Waals surface area (Å²) < 4.78 is 1.01. The lowest BCUT2D eigenvalue weighted by Crippen LogP contribution is -2.45. The Hall–Kier alpha value is -1.16. The average Bonchev–Trinajstić information content (AvgIpc) is 2.71. The SMILES string of the molecule is CC1(C)CC(=O)[C@@H]2C(c3cccc(Br)c3)=NN[C@@H]2C1. The van der Waals surface area contributed by atoms with E-state index in [1.54, 1.807) is 0 Å². The Morgan fingerprint density at radius 2 is 2.21 bits per heavy atom. The van der Waals surface area contributed by atoms with Crippen molar-refractivity contribution in [1.29, 1.82) is 0 Å². The number of fused-ring (bicyclic) bond motifs is 1. The molecule has 1 fully saturated rings. The molecule has 1 N–H and O–H groups in total. The molecule has 0 saturated heterocycles. The third-order valence-corrected chi connectivity index (χ3v) is 4.43. The van der Waals surface area contributed by atoms with Crippen LogP contribution >= 0.6 is 15.9 Å². The molecule has 3 rings (SSSR count). The Morgan fingerprint density at radius 3 is 2.95 bits per heavy atom. The number of nitrogens with one attached hydrogen (secondary N) is 1. The smallest absolute Gasteiger partial charge is 0.144 e. The van der Waals surface area contributed by atoms with Crippen molar-refractivity contribution in [2.45, 2.75) is 32.7 Å². The molecular formula is C15H17BrN2O. The number of carbonyl (C=O) groups excluding carboxylic acids is 1. The first-order valence-electron chi connectivity index (χ1n) is 6.58. The van der Waals surface area contributed by atoms with Crippen molar-refractivity contribution < 1.29 is 4.79 Å². The van der Waals surface area contributed by atoms with Gasteiger partial charge in [-0.3, -0.25) is 4.79 Å². The zero-order valence-corrected chi connectivity index (χ0v) is 12.7. The van der Waals surface area contributed by atoms with Gasteiger partial charge in [-0.15, -0.1) is 0 Å². The Labute approximate surface area is 121 Å². The highest BCUT2D eigenvalue weighted by Gasteiger charge is 2.46. The molecule has 3 nitrogen and oxygen atoms in total. The van der Waals surface area contributed by atoms with E-state index < -0.39 is 0 Å². The summed E-state index contributed by atoms with van der Waals surface area (Å²) in [5, 5.41) is 4.43. The second-order valence-electron chi connectivity index (χ2n) is 6.23. The topological polar surface area (TPSA) is 41.5 Å². The predicted molar refractivity (Wildman–Crippen MR) is 79.1 cm³/mol. The van der Waals surface area contributed by atoms with Gasteiger partial charge in [0, 0.05) is 10.9 Å². The van der Waals surface area contributed by atoms with Gasteiger partial charge in [0.1, 0.15) is 5.78 Å². The van der Waals surface area contributed by atoms with Crippen LogP contribution in [0.15, 0.2) is 33.8 Å². The minimum atomic E-state index is -0.0812. The molecule has 2 atom stereocenters. The van der Waals surface area contributed by atoms with Crippen LogP contribution in [0.3, 0.4) is 0 Å². The number of hydrogen-bond acceptors (Lipinski definition) is 3.